The molecule has 12 heavy (non-hydrogen) atoms. The molecule has 1 saturated carbocycles. The van der Waals surface area contributed by atoms with Crippen molar-refractivity contribution in [2.75, 3.05) is 26.2 Å². The van der Waals surface area contributed by atoms with Crippen LogP contribution in [-0.4, -0.2) is 31.1 Å². The third-order valence-electron chi connectivity index (χ3n) is 3.74. The first-order valence-electron chi connectivity index (χ1n) is 5.20. The van der Waals surface area contributed by atoms with Crippen molar-refractivity contribution in [3.8, 4) is 0 Å². The Morgan fingerprint density at radius 3 is 2.75 bits per heavy atom. The molecule has 1 aliphatic carbocycles. The molecule has 0 bridgehead atoms. The summed E-state index contributed by atoms with van der Waals surface area (Å²) in [6, 6.07) is 0. The van der Waals surface area contributed by atoms with Gasteiger partial charge in [-0.2, -0.15) is 0 Å². The van der Waals surface area contributed by atoms with E-state index in [2.05, 4.69) is 11.8 Å². The Labute approximate surface area is 75.1 Å². The summed E-state index contributed by atoms with van der Waals surface area (Å²) >= 11 is 0. The van der Waals surface area contributed by atoms with Gasteiger partial charge >= 0.3 is 0 Å². The van der Waals surface area contributed by atoms with Crippen molar-refractivity contribution in [3.05, 3.63) is 0 Å². The minimum Gasteiger partial charge on any atom is -0.330 e. The van der Waals surface area contributed by atoms with E-state index in [1.165, 1.54) is 38.9 Å². The van der Waals surface area contributed by atoms with E-state index in [1.54, 1.807) is 0 Å². The van der Waals surface area contributed by atoms with Crippen molar-refractivity contribution in [2.45, 2.75) is 26.2 Å². The SMILES string of the molecule is CCN1CCC2(CC(CN)C2)C1. The first-order valence-corrected chi connectivity index (χ1v) is 5.20. The smallest absolute Gasteiger partial charge is 0.00386 e. The molecule has 2 aliphatic rings. The Bertz CT molecular complexity index is 161. The molecule has 0 aromatic rings. The van der Waals surface area contributed by atoms with E-state index in [4.69, 9.17) is 5.73 Å². The zero-order valence-corrected chi connectivity index (χ0v) is 8.05. The molecule has 2 N–H and O–H groups in total. The van der Waals surface area contributed by atoms with Gasteiger partial charge in [-0.25, -0.2) is 0 Å². The van der Waals surface area contributed by atoms with Gasteiger partial charge in [0.1, 0.15) is 0 Å². The van der Waals surface area contributed by atoms with Gasteiger partial charge in [-0.05, 0) is 50.2 Å². The third-order valence-corrected chi connectivity index (χ3v) is 3.74. The largest absolute Gasteiger partial charge is 0.330 e. The highest BCUT2D eigenvalue weighted by Crippen LogP contribution is 2.51. The molecule has 1 aliphatic heterocycles. The topological polar surface area (TPSA) is 29.3 Å². The first-order chi connectivity index (χ1) is 5.78. The Hall–Kier alpha value is -0.0800. The molecule has 0 aromatic carbocycles. The highest BCUT2D eigenvalue weighted by molar-refractivity contribution is 4.99. The minimum absolute atomic E-state index is 0.708. The molecule has 2 fully saturated rings. The molecular weight excluding hydrogens is 148 g/mol. The van der Waals surface area contributed by atoms with Crippen LogP contribution >= 0.6 is 0 Å². The van der Waals surface area contributed by atoms with Gasteiger partial charge in [0.2, 0.25) is 0 Å². The fraction of sp³-hybridized carbons (Fsp3) is 1.00. The zero-order chi connectivity index (χ0) is 8.60. The third kappa shape index (κ3) is 1.27. The molecule has 0 aromatic heterocycles. The lowest BCUT2D eigenvalue weighted by Crippen LogP contribution is -2.42. The van der Waals surface area contributed by atoms with E-state index in [0.717, 1.165) is 12.5 Å². The molecule has 2 rings (SSSR count). The maximum Gasteiger partial charge on any atom is 0.00386 e. The molecule has 2 nitrogen and oxygen atoms in total. The molecule has 1 spiro atoms. The number of nitrogens with two attached hydrogens (primary N) is 1. The highest BCUT2D eigenvalue weighted by atomic mass is 15.2. The predicted molar refractivity (Wildman–Crippen MR) is 50.9 cm³/mol. The van der Waals surface area contributed by atoms with Gasteiger partial charge in [0, 0.05) is 6.54 Å². The first kappa shape index (κ1) is 8.52. The van der Waals surface area contributed by atoms with E-state index >= 15 is 0 Å². The van der Waals surface area contributed by atoms with Gasteiger partial charge in [0.25, 0.3) is 0 Å². The van der Waals surface area contributed by atoms with Crippen LogP contribution in [0.2, 0.25) is 0 Å². The molecule has 0 unspecified atom stereocenters. The van der Waals surface area contributed by atoms with Crippen LogP contribution in [-0.2, 0) is 0 Å². The summed E-state index contributed by atoms with van der Waals surface area (Å²) in [4.78, 5) is 2.58. The number of likely N-dealkylation sites (tertiary alicyclic amines) is 1. The quantitative estimate of drug-likeness (QED) is 0.668. The van der Waals surface area contributed by atoms with Gasteiger partial charge < -0.3 is 10.6 Å². The summed E-state index contributed by atoms with van der Waals surface area (Å²) in [5.41, 5.74) is 6.35. The van der Waals surface area contributed by atoms with Crippen molar-refractivity contribution in [1.29, 1.82) is 0 Å². The molecular formula is C10H20N2. The summed E-state index contributed by atoms with van der Waals surface area (Å²) in [7, 11) is 0. The van der Waals surface area contributed by atoms with Gasteiger partial charge in [-0.3, -0.25) is 0 Å². The Morgan fingerprint density at radius 2 is 2.25 bits per heavy atom. The van der Waals surface area contributed by atoms with Crippen LogP contribution in [0.15, 0.2) is 0 Å². The molecule has 0 amide bonds. The Balaban J connectivity index is 1.84. The molecule has 2 heteroatoms. The molecule has 0 atom stereocenters. The zero-order valence-electron chi connectivity index (χ0n) is 8.05. The van der Waals surface area contributed by atoms with Crippen molar-refractivity contribution in [1.82, 2.24) is 4.90 Å². The molecule has 70 valence electrons. The van der Waals surface area contributed by atoms with E-state index in [-0.39, 0.29) is 0 Å². The lowest BCUT2D eigenvalue weighted by Gasteiger charge is -2.45. The van der Waals surface area contributed by atoms with E-state index in [0.29, 0.717) is 5.41 Å². The molecule has 1 saturated heterocycles. The van der Waals surface area contributed by atoms with Crippen LogP contribution in [0.5, 0.6) is 0 Å². The standard InChI is InChI=1S/C10H20N2/c1-2-12-4-3-10(8-12)5-9(6-10)7-11/h9H,2-8,11H2,1H3. The maximum atomic E-state index is 5.64. The van der Waals surface area contributed by atoms with Crippen LogP contribution in [0, 0.1) is 11.3 Å². The molecule has 0 radical (unpaired) electrons. The van der Waals surface area contributed by atoms with Gasteiger partial charge in [0.15, 0.2) is 0 Å². The summed E-state index contributed by atoms with van der Waals surface area (Å²) in [6.45, 7) is 7.08. The summed E-state index contributed by atoms with van der Waals surface area (Å²) < 4.78 is 0. The van der Waals surface area contributed by atoms with E-state index < -0.39 is 0 Å². The lowest BCUT2D eigenvalue weighted by atomic mass is 9.61. The van der Waals surface area contributed by atoms with E-state index in [1.807, 2.05) is 0 Å². The second-order valence-corrected chi connectivity index (χ2v) is 4.63. The van der Waals surface area contributed by atoms with Gasteiger partial charge in [-0.15, -0.1) is 0 Å². The highest BCUT2D eigenvalue weighted by Gasteiger charge is 2.47. The number of nitrogens with zero attached hydrogens (tertiary/aromatic N) is 1. The Morgan fingerprint density at radius 1 is 1.50 bits per heavy atom. The second kappa shape index (κ2) is 3.00. The summed E-state index contributed by atoms with van der Waals surface area (Å²) in [5.74, 6) is 0.849. The number of hydrogen-bond acceptors (Lipinski definition) is 2. The minimum atomic E-state index is 0.708. The Kier molecular flexibility index (Phi) is 2.13. The van der Waals surface area contributed by atoms with Crippen LogP contribution in [0.3, 0.4) is 0 Å². The van der Waals surface area contributed by atoms with Crippen LogP contribution < -0.4 is 5.73 Å². The fourth-order valence-corrected chi connectivity index (χ4v) is 2.96. The average Bonchev–Trinajstić information content (AvgIpc) is 2.45. The normalized spacial score (nSPS) is 42.0. The summed E-state index contributed by atoms with van der Waals surface area (Å²) in [5, 5.41) is 0. The van der Waals surface area contributed by atoms with Gasteiger partial charge in [0.05, 0.1) is 0 Å². The summed E-state index contributed by atoms with van der Waals surface area (Å²) in [6.07, 6.45) is 4.23. The monoisotopic (exact) mass is 168 g/mol. The van der Waals surface area contributed by atoms with Gasteiger partial charge in [-0.1, -0.05) is 6.92 Å². The van der Waals surface area contributed by atoms with Crippen molar-refractivity contribution >= 4 is 0 Å². The van der Waals surface area contributed by atoms with Crippen LogP contribution in [0.25, 0.3) is 0 Å². The second-order valence-electron chi connectivity index (χ2n) is 4.63. The molecule has 1 heterocycles. The van der Waals surface area contributed by atoms with Crippen LogP contribution in [0.1, 0.15) is 26.2 Å². The van der Waals surface area contributed by atoms with Crippen molar-refractivity contribution in [3.63, 3.8) is 0 Å². The fourth-order valence-electron chi connectivity index (χ4n) is 2.96. The number of hydrogen-bond donors (Lipinski definition) is 1. The maximum absolute atomic E-state index is 5.64. The lowest BCUT2D eigenvalue weighted by molar-refractivity contribution is 0.0693. The van der Waals surface area contributed by atoms with Crippen molar-refractivity contribution in [2.24, 2.45) is 17.1 Å². The van der Waals surface area contributed by atoms with Crippen LogP contribution in [0.4, 0.5) is 0 Å². The average molecular weight is 168 g/mol. The van der Waals surface area contributed by atoms with E-state index in [9.17, 15) is 0 Å². The number of rotatable bonds is 2. The predicted octanol–water partition coefficient (Wildman–Crippen LogP) is 1.07. The van der Waals surface area contributed by atoms with Crippen molar-refractivity contribution < 1.29 is 0 Å².